The van der Waals surface area contributed by atoms with E-state index in [1.807, 2.05) is 13.0 Å². The summed E-state index contributed by atoms with van der Waals surface area (Å²) in [7, 11) is 0. The molecule has 2 nitrogen and oxygen atoms in total. The molecule has 3 heteroatoms. The monoisotopic (exact) mass is 243 g/mol. The lowest BCUT2D eigenvalue weighted by Gasteiger charge is -2.07. The SMILES string of the molecule is Cc1cccc(C(=O)Nc2ccc(C)cc2F)c1. The van der Waals surface area contributed by atoms with Gasteiger partial charge in [0.15, 0.2) is 0 Å². The number of anilines is 1. The summed E-state index contributed by atoms with van der Waals surface area (Å²) < 4.78 is 13.6. The second-order valence-electron chi connectivity index (χ2n) is 4.31. The van der Waals surface area contributed by atoms with Gasteiger partial charge in [0.1, 0.15) is 5.82 Å². The van der Waals surface area contributed by atoms with E-state index in [-0.39, 0.29) is 11.6 Å². The van der Waals surface area contributed by atoms with Crippen LogP contribution in [0.4, 0.5) is 10.1 Å². The number of rotatable bonds is 2. The van der Waals surface area contributed by atoms with Gasteiger partial charge in [0, 0.05) is 5.56 Å². The maximum atomic E-state index is 13.6. The number of halogens is 1. The summed E-state index contributed by atoms with van der Waals surface area (Å²) in [6.45, 7) is 3.71. The smallest absolute Gasteiger partial charge is 0.255 e. The number of amides is 1. The summed E-state index contributed by atoms with van der Waals surface area (Å²) in [5.41, 5.74) is 2.54. The zero-order valence-corrected chi connectivity index (χ0v) is 10.3. The first-order chi connectivity index (χ1) is 8.56. The van der Waals surface area contributed by atoms with E-state index < -0.39 is 5.82 Å². The van der Waals surface area contributed by atoms with Gasteiger partial charge in [-0.25, -0.2) is 4.39 Å². The minimum Gasteiger partial charge on any atom is -0.319 e. The molecule has 2 aromatic rings. The minimum atomic E-state index is -0.420. The van der Waals surface area contributed by atoms with Crippen molar-refractivity contribution in [2.45, 2.75) is 13.8 Å². The highest BCUT2D eigenvalue weighted by Gasteiger charge is 2.09. The molecule has 0 fully saturated rings. The minimum absolute atomic E-state index is 0.201. The number of benzene rings is 2. The Morgan fingerprint density at radius 3 is 2.44 bits per heavy atom. The van der Waals surface area contributed by atoms with E-state index >= 15 is 0 Å². The fourth-order valence-corrected chi connectivity index (χ4v) is 1.70. The molecular weight excluding hydrogens is 229 g/mol. The summed E-state index contributed by atoms with van der Waals surface area (Å²) in [5.74, 6) is -0.725. The Hall–Kier alpha value is -2.16. The van der Waals surface area contributed by atoms with Crippen LogP contribution in [0.3, 0.4) is 0 Å². The standard InChI is InChI=1S/C15H14FNO/c1-10-4-3-5-12(8-10)15(18)17-14-7-6-11(2)9-13(14)16/h3-9H,1-2H3,(H,17,18). The number of hydrogen-bond donors (Lipinski definition) is 1. The highest BCUT2D eigenvalue weighted by atomic mass is 19.1. The van der Waals surface area contributed by atoms with Crippen molar-refractivity contribution in [2.24, 2.45) is 0 Å². The fourth-order valence-electron chi connectivity index (χ4n) is 1.70. The first kappa shape index (κ1) is 12.3. The van der Waals surface area contributed by atoms with Crippen molar-refractivity contribution in [1.29, 1.82) is 0 Å². The van der Waals surface area contributed by atoms with Crippen LogP contribution in [0.5, 0.6) is 0 Å². The first-order valence-electron chi connectivity index (χ1n) is 5.70. The van der Waals surface area contributed by atoms with Gasteiger partial charge in [-0.15, -0.1) is 0 Å². The molecule has 0 atom stereocenters. The van der Waals surface area contributed by atoms with Crippen LogP contribution in [0.1, 0.15) is 21.5 Å². The Balaban J connectivity index is 2.21. The second kappa shape index (κ2) is 5.00. The molecular formula is C15H14FNO. The molecule has 0 spiro atoms. The van der Waals surface area contributed by atoms with Crippen molar-refractivity contribution >= 4 is 11.6 Å². The third kappa shape index (κ3) is 2.74. The molecule has 0 aliphatic carbocycles. The van der Waals surface area contributed by atoms with Crippen LogP contribution in [0.2, 0.25) is 0 Å². The van der Waals surface area contributed by atoms with Gasteiger partial charge in [-0.05, 0) is 43.7 Å². The average Bonchev–Trinajstić information content (AvgIpc) is 2.32. The molecule has 0 saturated heterocycles. The summed E-state index contributed by atoms with van der Waals surface area (Å²) in [4.78, 5) is 11.9. The lowest BCUT2D eigenvalue weighted by atomic mass is 10.1. The van der Waals surface area contributed by atoms with E-state index in [1.54, 1.807) is 37.3 Å². The van der Waals surface area contributed by atoms with Gasteiger partial charge in [0.05, 0.1) is 5.69 Å². The summed E-state index contributed by atoms with van der Waals surface area (Å²) in [6.07, 6.45) is 0. The van der Waals surface area contributed by atoms with Crippen LogP contribution < -0.4 is 5.32 Å². The van der Waals surface area contributed by atoms with Gasteiger partial charge in [-0.3, -0.25) is 4.79 Å². The van der Waals surface area contributed by atoms with E-state index in [1.165, 1.54) is 6.07 Å². The van der Waals surface area contributed by atoms with E-state index in [0.29, 0.717) is 5.56 Å². The summed E-state index contributed by atoms with van der Waals surface area (Å²) in [6, 6.07) is 11.9. The van der Waals surface area contributed by atoms with Crippen LogP contribution in [0, 0.1) is 19.7 Å². The van der Waals surface area contributed by atoms with E-state index in [4.69, 9.17) is 0 Å². The molecule has 0 saturated carbocycles. The Morgan fingerprint density at radius 2 is 1.78 bits per heavy atom. The van der Waals surface area contributed by atoms with Crippen LogP contribution >= 0.6 is 0 Å². The van der Waals surface area contributed by atoms with Crippen LogP contribution in [-0.2, 0) is 0 Å². The second-order valence-corrected chi connectivity index (χ2v) is 4.31. The number of carbonyl (C=O) groups is 1. The fraction of sp³-hybridized carbons (Fsp3) is 0.133. The molecule has 1 amide bonds. The number of aryl methyl sites for hydroxylation is 2. The summed E-state index contributed by atoms with van der Waals surface area (Å²) >= 11 is 0. The number of hydrogen-bond acceptors (Lipinski definition) is 1. The number of carbonyl (C=O) groups excluding carboxylic acids is 1. The normalized spacial score (nSPS) is 10.2. The van der Waals surface area contributed by atoms with Gasteiger partial charge in [0.2, 0.25) is 0 Å². The molecule has 92 valence electrons. The Bertz CT molecular complexity index is 593. The predicted molar refractivity (Wildman–Crippen MR) is 70.3 cm³/mol. The zero-order valence-electron chi connectivity index (χ0n) is 10.3. The molecule has 1 N–H and O–H groups in total. The molecule has 0 unspecified atom stereocenters. The van der Waals surface area contributed by atoms with Crippen molar-refractivity contribution in [2.75, 3.05) is 5.32 Å². The van der Waals surface area contributed by atoms with E-state index in [9.17, 15) is 9.18 Å². The van der Waals surface area contributed by atoms with Gasteiger partial charge in [-0.1, -0.05) is 23.8 Å². The maximum Gasteiger partial charge on any atom is 0.255 e. The molecule has 0 aliphatic heterocycles. The third-order valence-electron chi connectivity index (χ3n) is 2.65. The van der Waals surface area contributed by atoms with Gasteiger partial charge < -0.3 is 5.32 Å². The Labute approximate surface area is 105 Å². The topological polar surface area (TPSA) is 29.1 Å². The van der Waals surface area contributed by atoms with Crippen molar-refractivity contribution in [3.63, 3.8) is 0 Å². The number of nitrogens with one attached hydrogen (secondary N) is 1. The van der Waals surface area contributed by atoms with Crippen molar-refractivity contribution in [1.82, 2.24) is 0 Å². The quantitative estimate of drug-likeness (QED) is 0.856. The van der Waals surface area contributed by atoms with Crippen molar-refractivity contribution in [3.8, 4) is 0 Å². The van der Waals surface area contributed by atoms with E-state index in [0.717, 1.165) is 11.1 Å². The summed E-state index contributed by atoms with van der Waals surface area (Å²) in [5, 5.41) is 2.57. The van der Waals surface area contributed by atoms with Gasteiger partial charge >= 0.3 is 0 Å². The molecule has 0 aromatic heterocycles. The molecule has 0 bridgehead atoms. The molecule has 2 aromatic carbocycles. The van der Waals surface area contributed by atoms with Crippen molar-refractivity contribution in [3.05, 3.63) is 65.0 Å². The van der Waals surface area contributed by atoms with Crippen LogP contribution in [0.25, 0.3) is 0 Å². The lowest BCUT2D eigenvalue weighted by Crippen LogP contribution is -2.13. The third-order valence-corrected chi connectivity index (χ3v) is 2.65. The molecule has 2 rings (SSSR count). The Kier molecular flexibility index (Phi) is 3.42. The molecule has 18 heavy (non-hydrogen) atoms. The molecule has 0 heterocycles. The van der Waals surface area contributed by atoms with Crippen LogP contribution in [0.15, 0.2) is 42.5 Å². The van der Waals surface area contributed by atoms with Gasteiger partial charge in [-0.2, -0.15) is 0 Å². The van der Waals surface area contributed by atoms with Gasteiger partial charge in [0.25, 0.3) is 5.91 Å². The van der Waals surface area contributed by atoms with E-state index in [2.05, 4.69) is 5.32 Å². The highest BCUT2D eigenvalue weighted by Crippen LogP contribution is 2.16. The predicted octanol–water partition coefficient (Wildman–Crippen LogP) is 3.69. The maximum absolute atomic E-state index is 13.6. The lowest BCUT2D eigenvalue weighted by molar-refractivity contribution is 0.102. The van der Waals surface area contributed by atoms with Crippen molar-refractivity contribution < 1.29 is 9.18 Å². The molecule has 0 aliphatic rings. The van der Waals surface area contributed by atoms with Crippen LogP contribution in [-0.4, -0.2) is 5.91 Å². The molecule has 0 radical (unpaired) electrons. The Morgan fingerprint density at radius 1 is 1.06 bits per heavy atom. The largest absolute Gasteiger partial charge is 0.319 e. The average molecular weight is 243 g/mol. The zero-order chi connectivity index (χ0) is 13.1. The highest BCUT2D eigenvalue weighted by molar-refractivity contribution is 6.04. The first-order valence-corrected chi connectivity index (χ1v) is 5.70.